The molecule has 3 nitrogen and oxygen atoms in total. The highest BCUT2D eigenvalue weighted by molar-refractivity contribution is 8.14. The monoisotopic (exact) mass is 248 g/mol. The molecule has 1 aromatic rings. The lowest BCUT2D eigenvalue weighted by atomic mass is 10.1. The Morgan fingerprint density at radius 2 is 2.29 bits per heavy atom. The summed E-state index contributed by atoms with van der Waals surface area (Å²) in [5, 5.41) is 3.88. The zero-order valence-electron chi connectivity index (χ0n) is 10.1. The van der Waals surface area contributed by atoms with Gasteiger partial charge in [0.2, 0.25) is 5.91 Å². The Balaban J connectivity index is 1.98. The molecule has 17 heavy (non-hydrogen) atoms. The maximum atomic E-state index is 11.8. The third-order valence-electron chi connectivity index (χ3n) is 2.62. The number of aliphatic imine (C=N–C) groups is 1. The van der Waals surface area contributed by atoms with Crippen LogP contribution in [0.15, 0.2) is 23.2 Å². The predicted octanol–water partition coefficient (Wildman–Crippen LogP) is 2.78. The van der Waals surface area contributed by atoms with Gasteiger partial charge in [-0.05, 0) is 25.5 Å². The molecule has 0 radical (unpaired) electrons. The number of hydrogen-bond donors (Lipinski definition) is 1. The average Bonchev–Trinajstić information content (AvgIpc) is 2.75. The second-order valence-corrected chi connectivity index (χ2v) is 5.34. The van der Waals surface area contributed by atoms with E-state index in [4.69, 9.17) is 0 Å². The van der Waals surface area contributed by atoms with Crippen LogP contribution in [0.25, 0.3) is 0 Å². The van der Waals surface area contributed by atoms with Crippen LogP contribution in [0.1, 0.15) is 17.5 Å². The molecule has 0 aliphatic carbocycles. The number of benzene rings is 1. The molecule has 4 heteroatoms. The number of amides is 1. The summed E-state index contributed by atoms with van der Waals surface area (Å²) in [6.45, 7) is 4.89. The van der Waals surface area contributed by atoms with Crippen molar-refractivity contribution in [2.75, 3.05) is 17.6 Å². The highest BCUT2D eigenvalue weighted by Gasteiger charge is 2.12. The maximum Gasteiger partial charge on any atom is 0.230 e. The molecule has 1 aliphatic heterocycles. The molecule has 1 aliphatic rings. The van der Waals surface area contributed by atoms with E-state index in [1.54, 1.807) is 11.8 Å². The van der Waals surface area contributed by atoms with Gasteiger partial charge in [-0.15, -0.1) is 11.8 Å². The number of hydrogen-bond acceptors (Lipinski definition) is 3. The van der Waals surface area contributed by atoms with Crippen LogP contribution >= 0.6 is 11.8 Å². The highest BCUT2D eigenvalue weighted by Crippen LogP contribution is 2.18. The summed E-state index contributed by atoms with van der Waals surface area (Å²) < 4.78 is 0. The topological polar surface area (TPSA) is 41.5 Å². The van der Waals surface area contributed by atoms with Crippen LogP contribution < -0.4 is 5.32 Å². The Kier molecular flexibility index (Phi) is 3.84. The molecule has 90 valence electrons. The van der Waals surface area contributed by atoms with E-state index in [2.05, 4.69) is 16.4 Å². The van der Waals surface area contributed by atoms with Gasteiger partial charge in [-0.25, -0.2) is 0 Å². The van der Waals surface area contributed by atoms with Crippen molar-refractivity contribution in [3.05, 3.63) is 29.3 Å². The van der Waals surface area contributed by atoms with Gasteiger partial charge in [-0.1, -0.05) is 17.7 Å². The first kappa shape index (κ1) is 12.2. The van der Waals surface area contributed by atoms with Crippen molar-refractivity contribution < 1.29 is 4.79 Å². The van der Waals surface area contributed by atoms with Crippen LogP contribution in [0.2, 0.25) is 0 Å². The normalized spacial score (nSPS) is 14.6. The summed E-state index contributed by atoms with van der Waals surface area (Å²) in [5.74, 6) is 1.02. The molecular formula is C13H16N2OS. The number of rotatable bonds is 3. The summed E-state index contributed by atoms with van der Waals surface area (Å²) >= 11 is 1.68. The van der Waals surface area contributed by atoms with Crippen molar-refractivity contribution in [3.8, 4) is 0 Å². The number of carbonyl (C=O) groups is 1. The van der Waals surface area contributed by atoms with Crippen LogP contribution in [0.5, 0.6) is 0 Å². The van der Waals surface area contributed by atoms with Crippen LogP contribution in [-0.4, -0.2) is 23.2 Å². The quantitative estimate of drug-likeness (QED) is 0.893. The van der Waals surface area contributed by atoms with Gasteiger partial charge in [-0.2, -0.15) is 0 Å². The van der Waals surface area contributed by atoms with Crippen LogP contribution in [-0.2, 0) is 4.79 Å². The molecule has 0 unspecified atom stereocenters. The molecule has 0 spiro atoms. The molecular weight excluding hydrogens is 232 g/mol. The van der Waals surface area contributed by atoms with Crippen LogP contribution in [0.3, 0.4) is 0 Å². The van der Waals surface area contributed by atoms with Gasteiger partial charge in [0.05, 0.1) is 11.5 Å². The van der Waals surface area contributed by atoms with Gasteiger partial charge in [0.1, 0.15) is 0 Å². The van der Waals surface area contributed by atoms with Crippen molar-refractivity contribution in [1.82, 2.24) is 0 Å². The Hall–Kier alpha value is -1.29. The van der Waals surface area contributed by atoms with E-state index in [0.717, 1.165) is 28.6 Å². The largest absolute Gasteiger partial charge is 0.325 e. The number of aryl methyl sites for hydroxylation is 2. The summed E-state index contributed by atoms with van der Waals surface area (Å²) in [4.78, 5) is 16.1. The maximum absolute atomic E-state index is 11.8. The number of thioether (sulfide) groups is 1. The molecule has 0 aromatic heterocycles. The SMILES string of the molecule is Cc1ccc(NC(=O)CC2=NCCS2)c(C)c1. The Morgan fingerprint density at radius 1 is 1.47 bits per heavy atom. The third kappa shape index (κ3) is 3.33. The minimum absolute atomic E-state index is 0.0186. The smallest absolute Gasteiger partial charge is 0.230 e. The molecule has 0 saturated heterocycles. The standard InChI is InChI=1S/C13H16N2OS/c1-9-3-4-11(10(2)7-9)15-12(16)8-13-14-5-6-17-13/h3-4,7H,5-6,8H2,1-2H3,(H,15,16). The van der Waals surface area contributed by atoms with Gasteiger partial charge >= 0.3 is 0 Å². The van der Waals surface area contributed by atoms with E-state index in [9.17, 15) is 4.79 Å². The minimum Gasteiger partial charge on any atom is -0.325 e. The summed E-state index contributed by atoms with van der Waals surface area (Å²) in [5.41, 5.74) is 3.19. The van der Waals surface area contributed by atoms with E-state index >= 15 is 0 Å². The molecule has 1 amide bonds. The molecule has 0 bridgehead atoms. The number of nitrogens with zero attached hydrogens (tertiary/aromatic N) is 1. The molecule has 1 aromatic carbocycles. The molecule has 0 saturated carbocycles. The fourth-order valence-electron chi connectivity index (χ4n) is 1.77. The lowest BCUT2D eigenvalue weighted by Crippen LogP contribution is -2.15. The minimum atomic E-state index is 0.0186. The summed E-state index contributed by atoms with van der Waals surface area (Å²) in [6.07, 6.45) is 0.401. The first-order chi connectivity index (χ1) is 8.15. The highest BCUT2D eigenvalue weighted by atomic mass is 32.2. The Morgan fingerprint density at radius 3 is 2.94 bits per heavy atom. The third-order valence-corrected chi connectivity index (χ3v) is 3.61. The number of carbonyl (C=O) groups excluding carboxylic acids is 1. The van der Waals surface area contributed by atoms with Gasteiger partial charge in [0, 0.05) is 18.0 Å². The van der Waals surface area contributed by atoms with Crippen LogP contribution in [0.4, 0.5) is 5.69 Å². The van der Waals surface area contributed by atoms with Crippen molar-refractivity contribution in [3.63, 3.8) is 0 Å². The zero-order valence-corrected chi connectivity index (χ0v) is 10.9. The van der Waals surface area contributed by atoms with Crippen molar-refractivity contribution >= 4 is 28.4 Å². The molecule has 0 fully saturated rings. The second kappa shape index (κ2) is 5.36. The Labute approximate surface area is 106 Å². The molecule has 1 heterocycles. The molecule has 2 rings (SSSR count). The lowest BCUT2D eigenvalue weighted by Gasteiger charge is -2.08. The van der Waals surface area contributed by atoms with Crippen LogP contribution in [0, 0.1) is 13.8 Å². The van der Waals surface area contributed by atoms with E-state index in [1.165, 1.54) is 5.56 Å². The second-order valence-electron chi connectivity index (χ2n) is 4.17. The van der Waals surface area contributed by atoms with Gasteiger partial charge in [0.15, 0.2) is 0 Å². The first-order valence-electron chi connectivity index (χ1n) is 5.68. The fourth-order valence-corrected chi connectivity index (χ4v) is 2.61. The van der Waals surface area contributed by atoms with E-state index in [0.29, 0.717) is 6.42 Å². The summed E-state index contributed by atoms with van der Waals surface area (Å²) in [7, 11) is 0. The van der Waals surface area contributed by atoms with Gasteiger partial charge in [0.25, 0.3) is 0 Å². The lowest BCUT2D eigenvalue weighted by molar-refractivity contribution is -0.115. The summed E-state index contributed by atoms with van der Waals surface area (Å²) in [6, 6.07) is 6.02. The number of nitrogens with one attached hydrogen (secondary N) is 1. The van der Waals surface area contributed by atoms with E-state index in [-0.39, 0.29) is 5.91 Å². The Bertz CT molecular complexity index is 468. The van der Waals surface area contributed by atoms with Gasteiger partial charge in [-0.3, -0.25) is 9.79 Å². The van der Waals surface area contributed by atoms with E-state index < -0.39 is 0 Å². The zero-order chi connectivity index (χ0) is 12.3. The fraction of sp³-hybridized carbons (Fsp3) is 0.385. The van der Waals surface area contributed by atoms with Crippen molar-refractivity contribution in [1.29, 1.82) is 0 Å². The molecule has 0 atom stereocenters. The number of anilines is 1. The van der Waals surface area contributed by atoms with E-state index in [1.807, 2.05) is 26.0 Å². The average molecular weight is 248 g/mol. The molecule has 1 N–H and O–H groups in total. The van der Waals surface area contributed by atoms with Crippen molar-refractivity contribution in [2.24, 2.45) is 4.99 Å². The van der Waals surface area contributed by atoms with Gasteiger partial charge < -0.3 is 5.32 Å². The predicted molar refractivity (Wildman–Crippen MR) is 73.9 cm³/mol. The first-order valence-corrected chi connectivity index (χ1v) is 6.67. The van der Waals surface area contributed by atoms with Crippen molar-refractivity contribution in [2.45, 2.75) is 20.3 Å².